The van der Waals surface area contributed by atoms with Crippen molar-refractivity contribution in [3.05, 3.63) is 35.4 Å². The number of hydrogen-bond donors (Lipinski definition) is 0. The fourth-order valence-corrected chi connectivity index (χ4v) is 16.2. The van der Waals surface area contributed by atoms with Crippen LogP contribution in [0.2, 0.25) is 13.3 Å². The molecule has 1 rings (SSSR count). The van der Waals surface area contributed by atoms with Crippen molar-refractivity contribution in [3.8, 4) is 9.86 Å². The van der Waals surface area contributed by atoms with Gasteiger partial charge >= 0.3 is 143 Å². The molecule has 0 aromatic heterocycles. The van der Waals surface area contributed by atoms with Crippen molar-refractivity contribution in [2.24, 2.45) is 0 Å². The molecule has 0 amide bonds. The van der Waals surface area contributed by atoms with E-state index in [4.69, 9.17) is 0 Å². The van der Waals surface area contributed by atoms with Crippen LogP contribution in [0, 0.1) is 16.8 Å². The van der Waals surface area contributed by atoms with Crippen LogP contribution in [0.15, 0.2) is 24.3 Å². The van der Waals surface area contributed by atoms with E-state index in [1.165, 1.54) is 63.0 Å². The van der Waals surface area contributed by atoms with Gasteiger partial charge in [-0.25, -0.2) is 0 Å². The van der Waals surface area contributed by atoms with Crippen LogP contribution in [0.25, 0.3) is 0 Å². The number of rotatable bonds is 9. The Morgan fingerprint density at radius 2 is 1.23 bits per heavy atom. The maximum atomic E-state index is 3.93. The minimum atomic E-state index is -2.27. The van der Waals surface area contributed by atoms with Gasteiger partial charge in [0.15, 0.2) is 0 Å². The van der Waals surface area contributed by atoms with E-state index < -0.39 is 18.4 Å². The minimum absolute atomic E-state index is 1.22. The zero-order valence-electron chi connectivity index (χ0n) is 15.2. The zero-order chi connectivity index (χ0) is 16.3. The molecule has 0 N–H and O–H groups in total. The second-order valence-electron chi connectivity index (χ2n) is 6.71. The summed E-state index contributed by atoms with van der Waals surface area (Å²) in [5, 5.41) is 0. The Kier molecular flexibility index (Phi) is 9.96. The molecular weight excluding hydrogens is 371 g/mol. The summed E-state index contributed by atoms with van der Waals surface area (Å²) in [7, 11) is 0. The molecule has 0 nitrogen and oxygen atoms in total. The van der Waals surface area contributed by atoms with E-state index in [2.05, 4.69) is 61.8 Å². The van der Waals surface area contributed by atoms with E-state index in [0.29, 0.717) is 0 Å². The van der Waals surface area contributed by atoms with Crippen molar-refractivity contribution in [1.29, 1.82) is 0 Å². The van der Waals surface area contributed by atoms with Crippen LogP contribution in [-0.4, -0.2) is 18.4 Å². The third kappa shape index (κ3) is 7.23. The van der Waals surface area contributed by atoms with Gasteiger partial charge < -0.3 is 0 Å². The Morgan fingerprint density at radius 3 is 1.64 bits per heavy atom. The first-order valence-corrected chi connectivity index (χ1v) is 16.7. The molecule has 0 radical (unpaired) electrons. The van der Waals surface area contributed by atoms with Gasteiger partial charge in [0.1, 0.15) is 0 Å². The summed E-state index contributed by atoms with van der Waals surface area (Å²) in [5.74, 6) is 3.58. The fraction of sp³-hybridized carbons (Fsp3) is 0.619. The SMILES string of the molecule is CCC[CH2][Sn]([C]#Cc1ccc(C)cc1)([CH2]CCC)[CH2]CCC. The first-order chi connectivity index (χ1) is 10.7. The average molecular weight is 405 g/mol. The predicted octanol–water partition coefficient (Wildman–Crippen LogP) is 6.73. The van der Waals surface area contributed by atoms with Crippen LogP contribution in [0.3, 0.4) is 0 Å². The molecule has 0 heterocycles. The Morgan fingerprint density at radius 1 is 0.773 bits per heavy atom. The van der Waals surface area contributed by atoms with Crippen LogP contribution in [0.4, 0.5) is 0 Å². The van der Waals surface area contributed by atoms with Crippen molar-refractivity contribution in [2.45, 2.75) is 79.5 Å². The topological polar surface area (TPSA) is 0 Å². The van der Waals surface area contributed by atoms with Crippen LogP contribution in [-0.2, 0) is 0 Å². The molecule has 0 bridgehead atoms. The summed E-state index contributed by atoms with van der Waals surface area (Å²) < 4.78 is 8.36. The molecule has 0 aliphatic heterocycles. The van der Waals surface area contributed by atoms with E-state index in [1.54, 1.807) is 0 Å². The Bertz CT molecular complexity index is 439. The van der Waals surface area contributed by atoms with E-state index in [9.17, 15) is 0 Å². The van der Waals surface area contributed by atoms with Gasteiger partial charge in [0.05, 0.1) is 0 Å². The summed E-state index contributed by atoms with van der Waals surface area (Å²) in [5.41, 5.74) is 2.54. The summed E-state index contributed by atoms with van der Waals surface area (Å²) in [6.07, 6.45) is 8.15. The monoisotopic (exact) mass is 406 g/mol. The predicted molar refractivity (Wildman–Crippen MR) is 103 cm³/mol. The second-order valence-corrected chi connectivity index (χ2v) is 19.0. The molecule has 0 spiro atoms. The molecule has 22 heavy (non-hydrogen) atoms. The first-order valence-electron chi connectivity index (χ1n) is 9.25. The third-order valence-corrected chi connectivity index (χ3v) is 17.6. The Hall–Kier alpha value is -0.421. The van der Waals surface area contributed by atoms with E-state index >= 15 is 0 Å². The molecule has 0 fully saturated rings. The summed E-state index contributed by atoms with van der Waals surface area (Å²) >= 11 is -2.27. The van der Waals surface area contributed by atoms with Crippen molar-refractivity contribution >= 4 is 18.4 Å². The van der Waals surface area contributed by atoms with Crippen LogP contribution in [0.5, 0.6) is 0 Å². The van der Waals surface area contributed by atoms with Crippen molar-refractivity contribution in [1.82, 2.24) is 0 Å². The van der Waals surface area contributed by atoms with Gasteiger partial charge in [-0.2, -0.15) is 0 Å². The van der Waals surface area contributed by atoms with Crippen LogP contribution >= 0.6 is 0 Å². The van der Waals surface area contributed by atoms with Gasteiger partial charge in [-0.1, -0.05) is 0 Å². The Balaban J connectivity index is 2.96. The second kappa shape index (κ2) is 11.2. The zero-order valence-corrected chi connectivity index (χ0v) is 18.0. The van der Waals surface area contributed by atoms with E-state index in [-0.39, 0.29) is 0 Å². The number of hydrogen-bond acceptors (Lipinski definition) is 0. The third-order valence-electron chi connectivity index (χ3n) is 4.55. The molecule has 0 saturated heterocycles. The van der Waals surface area contributed by atoms with Crippen LogP contribution in [0.1, 0.15) is 70.4 Å². The molecular formula is C21H34Sn. The van der Waals surface area contributed by atoms with Gasteiger partial charge in [-0.3, -0.25) is 0 Å². The molecule has 0 atom stereocenters. The molecule has 1 heteroatoms. The normalized spacial score (nSPS) is 11.1. The van der Waals surface area contributed by atoms with Gasteiger partial charge in [-0.05, 0) is 0 Å². The number of unbranched alkanes of at least 4 members (excludes halogenated alkanes) is 3. The molecule has 0 unspecified atom stereocenters. The molecule has 0 aliphatic rings. The van der Waals surface area contributed by atoms with E-state index in [0.717, 1.165) is 0 Å². The standard InChI is InChI=1S/C9H7.3C4H9.Sn/c1-3-9-6-4-8(2)5-7-9;3*1-3-4-2;/h4-7H,2H3;3*1,3-4H2,2H3;. The van der Waals surface area contributed by atoms with E-state index in [1.807, 2.05) is 0 Å². The molecule has 0 aliphatic carbocycles. The summed E-state index contributed by atoms with van der Waals surface area (Å²) in [6, 6.07) is 8.76. The van der Waals surface area contributed by atoms with Crippen molar-refractivity contribution < 1.29 is 0 Å². The van der Waals surface area contributed by atoms with Gasteiger partial charge in [-0.15, -0.1) is 0 Å². The maximum absolute atomic E-state index is 3.93. The average Bonchev–Trinajstić information content (AvgIpc) is 2.55. The quantitative estimate of drug-likeness (QED) is 0.316. The van der Waals surface area contributed by atoms with Crippen LogP contribution < -0.4 is 0 Å². The summed E-state index contributed by atoms with van der Waals surface area (Å²) in [4.78, 5) is 0. The first kappa shape index (κ1) is 19.6. The van der Waals surface area contributed by atoms with Crippen molar-refractivity contribution in [3.63, 3.8) is 0 Å². The van der Waals surface area contributed by atoms with Gasteiger partial charge in [0, 0.05) is 0 Å². The summed E-state index contributed by atoms with van der Waals surface area (Å²) in [6.45, 7) is 9.11. The fourth-order valence-electron chi connectivity index (χ4n) is 2.95. The number of benzene rings is 1. The van der Waals surface area contributed by atoms with Gasteiger partial charge in [0.2, 0.25) is 0 Å². The molecule has 1 aromatic rings. The Labute approximate surface area is 143 Å². The molecule has 0 saturated carbocycles. The van der Waals surface area contributed by atoms with Gasteiger partial charge in [0.25, 0.3) is 0 Å². The molecule has 122 valence electrons. The van der Waals surface area contributed by atoms with Crippen molar-refractivity contribution in [2.75, 3.05) is 0 Å². The number of aryl methyl sites for hydroxylation is 1. The molecule has 1 aromatic carbocycles.